The summed E-state index contributed by atoms with van der Waals surface area (Å²) in [4.78, 5) is 0. The predicted octanol–water partition coefficient (Wildman–Crippen LogP) is 1.27. The maximum atomic E-state index is 11.2. The Kier molecular flexibility index (Phi) is 3.49. The molecule has 4 N–H and O–H groups in total. The first-order valence-corrected chi connectivity index (χ1v) is 7.83. The minimum absolute atomic E-state index is 0.315. The zero-order valence-corrected chi connectivity index (χ0v) is 11.4. The fraction of sp³-hybridized carbons (Fsp3) is 0.500. The minimum atomic E-state index is -3.22. The summed E-state index contributed by atoms with van der Waals surface area (Å²) >= 11 is 0. The topological polar surface area (TPSA) is 84.2 Å². The van der Waals surface area contributed by atoms with Crippen molar-refractivity contribution in [2.45, 2.75) is 31.8 Å². The molecule has 0 aromatic heterocycles. The van der Waals surface area contributed by atoms with Crippen LogP contribution in [0.3, 0.4) is 0 Å². The Morgan fingerprint density at radius 2 is 2.00 bits per heavy atom. The normalized spacial score (nSPS) is 23.3. The van der Waals surface area contributed by atoms with E-state index in [1.807, 2.05) is 19.1 Å². The Morgan fingerprint density at radius 3 is 2.50 bits per heavy atom. The minimum Gasteiger partial charge on any atom is -0.382 e. The molecule has 0 radical (unpaired) electrons. The van der Waals surface area contributed by atoms with Gasteiger partial charge in [-0.15, -0.1) is 0 Å². The van der Waals surface area contributed by atoms with Crippen LogP contribution < -0.4 is 15.8 Å². The second-order valence-corrected chi connectivity index (χ2v) is 6.73. The van der Waals surface area contributed by atoms with Gasteiger partial charge in [0.15, 0.2) is 0 Å². The summed E-state index contributed by atoms with van der Waals surface area (Å²) in [5.41, 5.74) is 8.25. The van der Waals surface area contributed by atoms with Gasteiger partial charge >= 0.3 is 0 Å². The van der Waals surface area contributed by atoms with Crippen LogP contribution in [0, 0.1) is 6.92 Å². The first-order chi connectivity index (χ1) is 8.33. The van der Waals surface area contributed by atoms with Crippen molar-refractivity contribution in [3.8, 4) is 0 Å². The van der Waals surface area contributed by atoms with E-state index in [0.717, 1.165) is 30.3 Å². The Bertz CT molecular complexity index is 536. The van der Waals surface area contributed by atoms with Crippen LogP contribution in [0.5, 0.6) is 0 Å². The summed E-state index contributed by atoms with van der Waals surface area (Å²) in [7, 11) is -3.22. The lowest BCUT2D eigenvalue weighted by molar-refractivity contribution is 0.373. The molecule has 0 saturated heterocycles. The third kappa shape index (κ3) is 3.36. The second-order valence-electron chi connectivity index (χ2n) is 4.98. The molecule has 1 aliphatic rings. The largest absolute Gasteiger partial charge is 0.382 e. The molecule has 0 amide bonds. The van der Waals surface area contributed by atoms with Crippen LogP contribution in [0.1, 0.15) is 18.4 Å². The highest BCUT2D eigenvalue weighted by atomic mass is 32.2. The molecule has 100 valence electrons. The van der Waals surface area contributed by atoms with Crippen LogP contribution in [0.15, 0.2) is 18.2 Å². The number of benzene rings is 1. The lowest BCUT2D eigenvalue weighted by Crippen LogP contribution is -2.44. The van der Waals surface area contributed by atoms with Crippen molar-refractivity contribution in [1.82, 2.24) is 0 Å². The fourth-order valence-electron chi connectivity index (χ4n) is 2.08. The summed E-state index contributed by atoms with van der Waals surface area (Å²) in [6, 6.07) is 6.35. The molecular weight excluding hydrogens is 250 g/mol. The molecule has 18 heavy (non-hydrogen) atoms. The average Bonchev–Trinajstić information content (AvgIpc) is 2.18. The molecular formula is C12H19N3O2S. The second kappa shape index (κ2) is 4.78. The smallest absolute Gasteiger partial charge is 0.229 e. The molecule has 6 heteroatoms. The third-order valence-electron chi connectivity index (χ3n) is 3.07. The van der Waals surface area contributed by atoms with Crippen LogP contribution in [-0.2, 0) is 10.0 Å². The summed E-state index contributed by atoms with van der Waals surface area (Å²) in [5, 5.41) is 3.38. The monoisotopic (exact) mass is 269 g/mol. The van der Waals surface area contributed by atoms with E-state index in [0.29, 0.717) is 17.8 Å². The van der Waals surface area contributed by atoms with Crippen molar-refractivity contribution < 1.29 is 8.42 Å². The number of nitrogens with one attached hydrogen (secondary N) is 2. The van der Waals surface area contributed by atoms with Crippen LogP contribution in [0.25, 0.3) is 0 Å². The first-order valence-electron chi connectivity index (χ1n) is 5.94. The average molecular weight is 269 g/mol. The highest BCUT2D eigenvalue weighted by Crippen LogP contribution is 2.25. The molecule has 1 aromatic rings. The van der Waals surface area contributed by atoms with Crippen LogP contribution >= 0.6 is 0 Å². The van der Waals surface area contributed by atoms with Crippen molar-refractivity contribution in [2.24, 2.45) is 5.73 Å². The van der Waals surface area contributed by atoms with E-state index in [1.54, 1.807) is 6.07 Å². The van der Waals surface area contributed by atoms with E-state index in [9.17, 15) is 8.42 Å². The number of hydrogen-bond acceptors (Lipinski definition) is 4. The van der Waals surface area contributed by atoms with Gasteiger partial charge in [0.2, 0.25) is 10.0 Å². The molecule has 1 aliphatic carbocycles. The van der Waals surface area contributed by atoms with E-state index in [-0.39, 0.29) is 0 Å². The van der Waals surface area contributed by atoms with Gasteiger partial charge in [-0.2, -0.15) is 0 Å². The van der Waals surface area contributed by atoms with Crippen molar-refractivity contribution in [1.29, 1.82) is 0 Å². The Labute approximate surface area is 108 Å². The van der Waals surface area contributed by atoms with Gasteiger partial charge in [-0.25, -0.2) is 8.42 Å². The molecule has 1 saturated carbocycles. The van der Waals surface area contributed by atoms with E-state index < -0.39 is 10.0 Å². The van der Waals surface area contributed by atoms with Gasteiger partial charge in [-0.1, -0.05) is 0 Å². The maximum Gasteiger partial charge on any atom is 0.229 e. The van der Waals surface area contributed by atoms with Gasteiger partial charge in [0.25, 0.3) is 0 Å². The Morgan fingerprint density at radius 1 is 1.33 bits per heavy atom. The molecule has 0 heterocycles. The highest BCUT2D eigenvalue weighted by molar-refractivity contribution is 7.92. The third-order valence-corrected chi connectivity index (χ3v) is 3.66. The van der Waals surface area contributed by atoms with Crippen LogP contribution in [0.2, 0.25) is 0 Å². The molecule has 0 bridgehead atoms. The number of aryl methyl sites for hydroxylation is 1. The summed E-state index contributed by atoms with van der Waals surface area (Å²) in [5.74, 6) is 0. The first kappa shape index (κ1) is 13.2. The standard InChI is InChI=1S/C12H19N3O2S/c1-8-5-10(14-11-6-9(13)7-11)3-4-12(8)15-18(2,16)17/h3-5,9,11,14-15H,6-7,13H2,1-2H3. The van der Waals surface area contributed by atoms with E-state index in [2.05, 4.69) is 10.0 Å². The van der Waals surface area contributed by atoms with Gasteiger partial charge in [0, 0.05) is 17.8 Å². The molecule has 2 rings (SSSR count). The fourth-order valence-corrected chi connectivity index (χ4v) is 2.71. The molecule has 0 spiro atoms. The zero-order valence-electron chi connectivity index (χ0n) is 10.6. The maximum absolute atomic E-state index is 11.2. The molecule has 0 aliphatic heterocycles. The molecule has 0 unspecified atom stereocenters. The summed E-state index contributed by atoms with van der Waals surface area (Å²) in [6.07, 6.45) is 3.12. The van der Waals surface area contributed by atoms with Crippen molar-refractivity contribution >= 4 is 21.4 Å². The van der Waals surface area contributed by atoms with Gasteiger partial charge in [-0.3, -0.25) is 4.72 Å². The van der Waals surface area contributed by atoms with Gasteiger partial charge < -0.3 is 11.1 Å². The number of hydrogen-bond donors (Lipinski definition) is 3. The lowest BCUT2D eigenvalue weighted by atomic mass is 9.87. The number of rotatable bonds is 4. The van der Waals surface area contributed by atoms with E-state index in [1.165, 1.54) is 0 Å². The summed E-state index contributed by atoms with van der Waals surface area (Å²) < 4.78 is 24.8. The number of anilines is 2. The lowest BCUT2D eigenvalue weighted by Gasteiger charge is -2.34. The van der Waals surface area contributed by atoms with Crippen LogP contribution in [0.4, 0.5) is 11.4 Å². The van der Waals surface area contributed by atoms with E-state index in [4.69, 9.17) is 5.73 Å². The molecule has 1 aromatic carbocycles. The Balaban J connectivity index is 2.05. The number of sulfonamides is 1. The number of nitrogens with two attached hydrogens (primary N) is 1. The van der Waals surface area contributed by atoms with Crippen molar-refractivity contribution in [2.75, 3.05) is 16.3 Å². The summed E-state index contributed by atoms with van der Waals surface area (Å²) in [6.45, 7) is 1.88. The van der Waals surface area contributed by atoms with Crippen molar-refractivity contribution in [3.05, 3.63) is 23.8 Å². The van der Waals surface area contributed by atoms with Crippen LogP contribution in [-0.4, -0.2) is 26.8 Å². The highest BCUT2D eigenvalue weighted by Gasteiger charge is 2.25. The quantitative estimate of drug-likeness (QED) is 0.768. The molecule has 5 nitrogen and oxygen atoms in total. The van der Waals surface area contributed by atoms with Crippen molar-refractivity contribution in [3.63, 3.8) is 0 Å². The zero-order chi connectivity index (χ0) is 13.3. The Hall–Kier alpha value is -1.27. The molecule has 0 atom stereocenters. The predicted molar refractivity (Wildman–Crippen MR) is 74.3 cm³/mol. The molecule has 1 fully saturated rings. The van der Waals surface area contributed by atoms with Gasteiger partial charge in [0.1, 0.15) is 0 Å². The van der Waals surface area contributed by atoms with E-state index >= 15 is 0 Å². The SMILES string of the molecule is Cc1cc(NC2CC(N)C2)ccc1NS(C)(=O)=O. The van der Waals surface area contributed by atoms with Gasteiger partial charge in [-0.05, 0) is 43.5 Å². The van der Waals surface area contributed by atoms with Gasteiger partial charge in [0.05, 0.1) is 11.9 Å².